The summed E-state index contributed by atoms with van der Waals surface area (Å²) in [4.78, 5) is 24.7. The number of carbonyl (C=O) groups excluding carboxylic acids is 1. The van der Waals surface area contributed by atoms with Gasteiger partial charge in [-0.25, -0.2) is 4.68 Å². The zero-order valence-corrected chi connectivity index (χ0v) is 14.2. The maximum atomic E-state index is 12.6. The molecule has 1 amide bonds. The number of hydrogen-bond donors (Lipinski definition) is 1. The topological polar surface area (TPSA) is 84.7 Å². The molecule has 7 nitrogen and oxygen atoms in total. The van der Waals surface area contributed by atoms with E-state index in [1.54, 1.807) is 35.9 Å². The molecular weight excluding hydrogens is 334 g/mol. The van der Waals surface area contributed by atoms with Crippen molar-refractivity contribution in [2.24, 2.45) is 0 Å². The molecular formula is C16H18ClN3O4. The number of benzene rings is 1. The van der Waals surface area contributed by atoms with Gasteiger partial charge in [-0.05, 0) is 31.2 Å². The summed E-state index contributed by atoms with van der Waals surface area (Å²) >= 11 is 5.99. The van der Waals surface area contributed by atoms with Crippen LogP contribution < -0.4 is 0 Å². The number of aromatic nitrogens is 2. The summed E-state index contributed by atoms with van der Waals surface area (Å²) in [6.07, 6.45) is 0. The molecule has 0 spiro atoms. The fourth-order valence-corrected chi connectivity index (χ4v) is 2.41. The molecule has 0 unspecified atom stereocenters. The van der Waals surface area contributed by atoms with Crippen LogP contribution in [0.3, 0.4) is 0 Å². The summed E-state index contributed by atoms with van der Waals surface area (Å²) in [5.74, 6) is -1.55. The molecule has 0 saturated heterocycles. The number of ether oxygens (including phenoxy) is 1. The van der Waals surface area contributed by atoms with Crippen LogP contribution in [-0.2, 0) is 9.53 Å². The van der Waals surface area contributed by atoms with Gasteiger partial charge in [-0.15, -0.1) is 0 Å². The maximum absolute atomic E-state index is 12.6. The molecule has 0 aliphatic heterocycles. The Labute approximate surface area is 144 Å². The van der Waals surface area contributed by atoms with Gasteiger partial charge in [0.25, 0.3) is 5.91 Å². The number of carbonyl (C=O) groups is 2. The molecule has 0 aliphatic carbocycles. The monoisotopic (exact) mass is 351 g/mol. The quantitative estimate of drug-likeness (QED) is 0.824. The number of halogens is 1. The van der Waals surface area contributed by atoms with Crippen molar-refractivity contribution >= 4 is 23.5 Å². The largest absolute Gasteiger partial charge is 0.480 e. The number of aliphatic carboxylic acids is 1. The van der Waals surface area contributed by atoms with Crippen molar-refractivity contribution in [3.05, 3.63) is 46.7 Å². The second kappa shape index (κ2) is 7.94. The molecule has 0 saturated carbocycles. The third-order valence-corrected chi connectivity index (χ3v) is 3.57. The minimum absolute atomic E-state index is 0.171. The van der Waals surface area contributed by atoms with Crippen LogP contribution in [0.25, 0.3) is 5.69 Å². The number of carboxylic acids is 1. The van der Waals surface area contributed by atoms with Crippen LogP contribution in [0.2, 0.25) is 5.02 Å². The van der Waals surface area contributed by atoms with E-state index in [-0.39, 0.29) is 18.8 Å². The minimum atomic E-state index is -1.09. The highest BCUT2D eigenvalue weighted by atomic mass is 35.5. The van der Waals surface area contributed by atoms with Gasteiger partial charge in [-0.3, -0.25) is 9.59 Å². The molecule has 8 heteroatoms. The first-order chi connectivity index (χ1) is 11.4. The Morgan fingerprint density at radius 2 is 2.12 bits per heavy atom. The van der Waals surface area contributed by atoms with E-state index in [1.807, 2.05) is 6.07 Å². The number of amides is 1. The summed E-state index contributed by atoms with van der Waals surface area (Å²) in [6.45, 7) is 1.81. The van der Waals surface area contributed by atoms with Gasteiger partial charge in [0, 0.05) is 24.4 Å². The van der Waals surface area contributed by atoms with Crippen molar-refractivity contribution in [2.75, 3.05) is 26.8 Å². The van der Waals surface area contributed by atoms with Gasteiger partial charge in [0.2, 0.25) is 0 Å². The van der Waals surface area contributed by atoms with E-state index in [2.05, 4.69) is 5.10 Å². The average molecular weight is 352 g/mol. The van der Waals surface area contributed by atoms with Gasteiger partial charge < -0.3 is 14.7 Å². The van der Waals surface area contributed by atoms with E-state index >= 15 is 0 Å². The summed E-state index contributed by atoms with van der Waals surface area (Å²) in [5, 5.41) is 13.8. The summed E-state index contributed by atoms with van der Waals surface area (Å²) in [7, 11) is 1.49. The molecule has 128 valence electrons. The highest BCUT2D eigenvalue weighted by Crippen LogP contribution is 2.17. The second-order valence-corrected chi connectivity index (χ2v) is 5.61. The van der Waals surface area contributed by atoms with E-state index < -0.39 is 18.4 Å². The van der Waals surface area contributed by atoms with E-state index in [9.17, 15) is 9.59 Å². The Kier molecular flexibility index (Phi) is 5.94. The van der Waals surface area contributed by atoms with Crippen LogP contribution in [-0.4, -0.2) is 58.5 Å². The molecule has 1 aromatic carbocycles. The van der Waals surface area contributed by atoms with Gasteiger partial charge in [-0.1, -0.05) is 17.7 Å². The van der Waals surface area contributed by atoms with Crippen LogP contribution in [0.4, 0.5) is 0 Å². The van der Waals surface area contributed by atoms with Crippen molar-refractivity contribution in [3.63, 3.8) is 0 Å². The highest BCUT2D eigenvalue weighted by Gasteiger charge is 2.22. The number of hydrogen-bond acceptors (Lipinski definition) is 4. The summed E-state index contributed by atoms with van der Waals surface area (Å²) in [5.41, 5.74) is 1.63. The molecule has 0 bridgehead atoms. The van der Waals surface area contributed by atoms with E-state index in [1.165, 1.54) is 12.0 Å². The molecule has 2 aromatic rings. The zero-order valence-electron chi connectivity index (χ0n) is 13.4. The van der Waals surface area contributed by atoms with Crippen molar-refractivity contribution in [1.82, 2.24) is 14.7 Å². The summed E-state index contributed by atoms with van der Waals surface area (Å²) in [6, 6.07) is 8.70. The standard InChI is InChI=1S/C16H18ClN3O4/c1-11-8-14(16(23)19(6-7-24-2)10-15(21)22)18-20(11)13-5-3-4-12(17)9-13/h3-5,8-9H,6-7,10H2,1-2H3,(H,21,22). The summed E-state index contributed by atoms with van der Waals surface area (Å²) < 4.78 is 6.52. The molecule has 1 aromatic heterocycles. The molecule has 24 heavy (non-hydrogen) atoms. The Morgan fingerprint density at radius 3 is 2.75 bits per heavy atom. The molecule has 1 heterocycles. The third kappa shape index (κ3) is 4.33. The first-order valence-corrected chi connectivity index (χ1v) is 7.62. The fraction of sp³-hybridized carbons (Fsp3) is 0.312. The zero-order chi connectivity index (χ0) is 17.7. The fourth-order valence-electron chi connectivity index (χ4n) is 2.23. The molecule has 2 rings (SSSR count). The number of nitrogens with zero attached hydrogens (tertiary/aromatic N) is 3. The molecule has 0 fully saturated rings. The molecule has 0 radical (unpaired) electrons. The highest BCUT2D eigenvalue weighted by molar-refractivity contribution is 6.30. The average Bonchev–Trinajstić information content (AvgIpc) is 2.92. The van der Waals surface area contributed by atoms with Crippen LogP contribution in [0.15, 0.2) is 30.3 Å². The first kappa shape index (κ1) is 18.0. The lowest BCUT2D eigenvalue weighted by atomic mass is 10.3. The Balaban J connectivity index is 2.29. The van der Waals surface area contributed by atoms with Gasteiger partial charge in [0.1, 0.15) is 6.54 Å². The normalized spacial score (nSPS) is 10.6. The van der Waals surface area contributed by atoms with Crippen molar-refractivity contribution in [3.8, 4) is 5.69 Å². The third-order valence-electron chi connectivity index (χ3n) is 3.34. The lowest BCUT2D eigenvalue weighted by molar-refractivity contribution is -0.137. The predicted molar refractivity (Wildman–Crippen MR) is 88.7 cm³/mol. The van der Waals surface area contributed by atoms with Crippen LogP contribution in [0.5, 0.6) is 0 Å². The molecule has 1 N–H and O–H groups in total. The lowest BCUT2D eigenvalue weighted by Gasteiger charge is -2.18. The van der Waals surface area contributed by atoms with Crippen LogP contribution >= 0.6 is 11.6 Å². The van der Waals surface area contributed by atoms with E-state index in [0.717, 1.165) is 11.4 Å². The van der Waals surface area contributed by atoms with Gasteiger partial charge in [0.15, 0.2) is 5.69 Å². The maximum Gasteiger partial charge on any atom is 0.323 e. The lowest BCUT2D eigenvalue weighted by Crippen LogP contribution is -2.38. The predicted octanol–water partition coefficient (Wildman–Crippen LogP) is 2.01. The van der Waals surface area contributed by atoms with Gasteiger partial charge >= 0.3 is 5.97 Å². The second-order valence-electron chi connectivity index (χ2n) is 5.18. The SMILES string of the molecule is COCCN(CC(=O)O)C(=O)c1cc(C)n(-c2cccc(Cl)c2)n1. The van der Waals surface area contributed by atoms with Gasteiger partial charge in [0.05, 0.1) is 12.3 Å². The minimum Gasteiger partial charge on any atom is -0.480 e. The Hall–Kier alpha value is -2.38. The van der Waals surface area contributed by atoms with Crippen LogP contribution in [0.1, 0.15) is 16.2 Å². The first-order valence-electron chi connectivity index (χ1n) is 7.25. The molecule has 0 aliphatic rings. The van der Waals surface area contributed by atoms with Crippen molar-refractivity contribution in [1.29, 1.82) is 0 Å². The van der Waals surface area contributed by atoms with E-state index in [4.69, 9.17) is 21.4 Å². The Morgan fingerprint density at radius 1 is 1.38 bits per heavy atom. The number of carboxylic acid groups (broad SMARTS) is 1. The van der Waals surface area contributed by atoms with Crippen molar-refractivity contribution < 1.29 is 19.4 Å². The van der Waals surface area contributed by atoms with Crippen molar-refractivity contribution in [2.45, 2.75) is 6.92 Å². The smallest absolute Gasteiger partial charge is 0.323 e. The Bertz CT molecular complexity index is 745. The number of rotatable bonds is 7. The number of aryl methyl sites for hydroxylation is 1. The van der Waals surface area contributed by atoms with Crippen LogP contribution in [0, 0.1) is 6.92 Å². The number of methoxy groups -OCH3 is 1. The van der Waals surface area contributed by atoms with E-state index in [0.29, 0.717) is 5.02 Å². The molecule has 0 atom stereocenters. The van der Waals surface area contributed by atoms with Gasteiger partial charge in [-0.2, -0.15) is 5.10 Å².